The number of anilines is 3. The van der Waals surface area contributed by atoms with Gasteiger partial charge in [-0.3, -0.25) is 19.3 Å². The van der Waals surface area contributed by atoms with Gasteiger partial charge in [0.05, 0.1) is 29.9 Å². The molecule has 5 rings (SSSR count). The minimum Gasteiger partial charge on any atom is -0.481 e. The molecule has 0 aliphatic carbocycles. The number of carbonyl (C=O) groups excluding carboxylic acids is 2. The fraction of sp³-hybridized carbons (Fsp3) is 0.258. The summed E-state index contributed by atoms with van der Waals surface area (Å²) < 4.78 is 0. The second kappa shape index (κ2) is 12.1. The van der Waals surface area contributed by atoms with Gasteiger partial charge in [0.2, 0.25) is 5.91 Å². The largest absolute Gasteiger partial charge is 0.481 e. The fourth-order valence-electron chi connectivity index (χ4n) is 5.04. The molecule has 2 aliphatic rings. The number of rotatable bonds is 8. The van der Waals surface area contributed by atoms with Crippen molar-refractivity contribution in [3.8, 4) is 0 Å². The number of fused-ring (bicyclic) bond motifs is 1. The van der Waals surface area contributed by atoms with Crippen LogP contribution in [0.3, 0.4) is 0 Å². The highest BCUT2D eigenvalue weighted by atomic mass is 35.5. The molecule has 0 spiro atoms. The molecule has 2 aliphatic heterocycles. The minimum atomic E-state index is -0.940. The Labute approximate surface area is 244 Å². The summed E-state index contributed by atoms with van der Waals surface area (Å²) in [5.41, 5.74) is 4.99. The average molecular weight is 574 g/mol. The number of hydrogen-bond donors (Lipinski definition) is 3. The predicted molar refractivity (Wildman–Crippen MR) is 162 cm³/mol. The smallest absolute Gasteiger partial charge is 0.307 e. The van der Waals surface area contributed by atoms with E-state index < -0.39 is 5.97 Å². The van der Waals surface area contributed by atoms with Crippen molar-refractivity contribution in [3.05, 3.63) is 88.4 Å². The second-order valence-corrected chi connectivity index (χ2v) is 10.8. The van der Waals surface area contributed by atoms with Gasteiger partial charge >= 0.3 is 5.97 Å². The van der Waals surface area contributed by atoms with Crippen molar-refractivity contribution in [1.82, 2.24) is 9.80 Å². The van der Waals surface area contributed by atoms with Crippen LogP contribution in [-0.2, 0) is 20.8 Å². The normalized spacial score (nSPS) is 16.6. The topological polar surface area (TPSA) is 105 Å². The van der Waals surface area contributed by atoms with Gasteiger partial charge in [-0.1, -0.05) is 35.9 Å². The van der Waals surface area contributed by atoms with E-state index in [1.807, 2.05) is 30.3 Å². The van der Waals surface area contributed by atoms with Crippen molar-refractivity contribution < 1.29 is 19.5 Å². The molecular formula is C31H32ClN5O4. The van der Waals surface area contributed by atoms with Crippen LogP contribution in [0.5, 0.6) is 0 Å². The Bertz CT molecular complexity index is 1510. The molecule has 0 atom stereocenters. The molecule has 3 N–H and O–H groups in total. The Morgan fingerprint density at radius 1 is 1.02 bits per heavy atom. The molecule has 10 heteroatoms. The first-order valence-corrected chi connectivity index (χ1v) is 13.8. The zero-order chi connectivity index (χ0) is 29.1. The maximum Gasteiger partial charge on any atom is 0.307 e. The van der Waals surface area contributed by atoms with Gasteiger partial charge in [-0.25, -0.2) is 0 Å². The van der Waals surface area contributed by atoms with Crippen LogP contribution in [0.4, 0.5) is 17.1 Å². The Balaban J connectivity index is 1.43. The van der Waals surface area contributed by atoms with Gasteiger partial charge in [-0.2, -0.15) is 0 Å². The van der Waals surface area contributed by atoms with E-state index in [0.717, 1.165) is 31.9 Å². The van der Waals surface area contributed by atoms with Crippen LogP contribution in [0, 0.1) is 0 Å². The maximum absolute atomic E-state index is 13.2. The quantitative estimate of drug-likeness (QED) is 0.348. The van der Waals surface area contributed by atoms with Gasteiger partial charge < -0.3 is 25.5 Å². The molecule has 2 amide bonds. The molecule has 0 aromatic heterocycles. The predicted octanol–water partition coefficient (Wildman–Crippen LogP) is 4.11. The van der Waals surface area contributed by atoms with E-state index in [1.165, 1.54) is 0 Å². The standard InChI is InChI=1S/C31H32ClN5O4/c1-35-12-14-37(15-13-35)19-27(38)36(2)24-9-7-23(8-10-24)33-30(21-5-3-4-20(16-21)17-28(39)40)29-25-11-6-22(32)18-26(25)34-31(29)41/h3-11,16,18,33H,12-15,17,19H2,1-2H3,(H,34,41)(H,39,40). The molecule has 0 bridgehead atoms. The number of piperazine rings is 1. The number of likely N-dealkylation sites (N-methyl/N-ethyl adjacent to an activating group) is 2. The van der Waals surface area contributed by atoms with E-state index in [9.17, 15) is 19.5 Å². The van der Waals surface area contributed by atoms with Crippen LogP contribution in [0.1, 0.15) is 16.7 Å². The molecule has 212 valence electrons. The van der Waals surface area contributed by atoms with E-state index in [1.54, 1.807) is 48.3 Å². The molecule has 9 nitrogen and oxygen atoms in total. The van der Waals surface area contributed by atoms with Crippen LogP contribution in [-0.4, -0.2) is 79.5 Å². The zero-order valence-corrected chi connectivity index (χ0v) is 23.7. The Morgan fingerprint density at radius 2 is 1.76 bits per heavy atom. The first-order valence-electron chi connectivity index (χ1n) is 13.4. The van der Waals surface area contributed by atoms with Gasteiger partial charge in [-0.05, 0) is 60.6 Å². The number of aliphatic carboxylic acids is 1. The monoisotopic (exact) mass is 573 g/mol. The lowest BCUT2D eigenvalue weighted by molar-refractivity contribution is -0.136. The third-order valence-corrected chi connectivity index (χ3v) is 7.64. The number of nitrogens with zero attached hydrogens (tertiary/aromatic N) is 3. The Kier molecular flexibility index (Phi) is 8.39. The summed E-state index contributed by atoms with van der Waals surface area (Å²) >= 11 is 6.17. The summed E-state index contributed by atoms with van der Waals surface area (Å²) in [4.78, 5) is 43.6. The minimum absolute atomic E-state index is 0.0196. The lowest BCUT2D eigenvalue weighted by Gasteiger charge is -2.32. The van der Waals surface area contributed by atoms with E-state index >= 15 is 0 Å². The van der Waals surface area contributed by atoms with Crippen LogP contribution in [0.15, 0.2) is 66.7 Å². The molecule has 0 radical (unpaired) electrons. The molecule has 41 heavy (non-hydrogen) atoms. The molecule has 0 saturated carbocycles. The summed E-state index contributed by atoms with van der Waals surface area (Å²) in [6.45, 7) is 4.00. The summed E-state index contributed by atoms with van der Waals surface area (Å²) in [7, 11) is 3.86. The highest BCUT2D eigenvalue weighted by molar-refractivity contribution is 6.38. The van der Waals surface area contributed by atoms with Crippen LogP contribution < -0.4 is 15.5 Å². The number of benzene rings is 3. The van der Waals surface area contributed by atoms with Crippen molar-refractivity contribution in [2.75, 3.05) is 62.4 Å². The van der Waals surface area contributed by atoms with Gasteiger partial charge in [-0.15, -0.1) is 0 Å². The number of carboxylic acids is 1. The van der Waals surface area contributed by atoms with Crippen molar-refractivity contribution in [3.63, 3.8) is 0 Å². The third-order valence-electron chi connectivity index (χ3n) is 7.40. The zero-order valence-electron chi connectivity index (χ0n) is 23.0. The van der Waals surface area contributed by atoms with Crippen molar-refractivity contribution in [1.29, 1.82) is 0 Å². The number of carbonyl (C=O) groups is 3. The van der Waals surface area contributed by atoms with Gasteiger partial charge in [0.1, 0.15) is 0 Å². The molecule has 2 heterocycles. The number of hydrogen-bond acceptors (Lipinski definition) is 6. The average Bonchev–Trinajstić information content (AvgIpc) is 3.27. The van der Waals surface area contributed by atoms with Crippen LogP contribution >= 0.6 is 11.6 Å². The number of amides is 2. The Morgan fingerprint density at radius 3 is 2.46 bits per heavy atom. The summed E-state index contributed by atoms with van der Waals surface area (Å²) in [5.74, 6) is -1.21. The molecule has 1 fully saturated rings. The maximum atomic E-state index is 13.2. The third kappa shape index (κ3) is 6.59. The van der Waals surface area contributed by atoms with E-state index in [0.29, 0.717) is 50.9 Å². The van der Waals surface area contributed by atoms with E-state index in [4.69, 9.17) is 11.6 Å². The van der Waals surface area contributed by atoms with Gasteiger partial charge in [0.25, 0.3) is 5.91 Å². The summed E-state index contributed by atoms with van der Waals surface area (Å²) in [6, 6.07) is 19.8. The lowest BCUT2D eigenvalue weighted by atomic mass is 9.98. The number of halogens is 1. The summed E-state index contributed by atoms with van der Waals surface area (Å²) in [6.07, 6.45) is -0.141. The SMILES string of the molecule is CN1CCN(CC(=O)N(C)c2ccc(NC(=C3C(=O)Nc4cc(Cl)ccc43)c3cccc(CC(=O)O)c3)cc2)CC1. The fourth-order valence-corrected chi connectivity index (χ4v) is 5.22. The molecular weight excluding hydrogens is 542 g/mol. The molecule has 3 aromatic rings. The second-order valence-electron chi connectivity index (χ2n) is 10.4. The lowest BCUT2D eigenvalue weighted by Crippen LogP contribution is -2.48. The van der Waals surface area contributed by atoms with Crippen LogP contribution in [0.2, 0.25) is 5.02 Å². The molecule has 3 aromatic carbocycles. The van der Waals surface area contributed by atoms with Gasteiger partial charge in [0, 0.05) is 55.2 Å². The van der Waals surface area contributed by atoms with Crippen molar-refractivity contribution in [2.45, 2.75) is 6.42 Å². The van der Waals surface area contributed by atoms with Gasteiger partial charge in [0.15, 0.2) is 0 Å². The van der Waals surface area contributed by atoms with Crippen LogP contribution in [0.25, 0.3) is 11.3 Å². The first kappa shape index (κ1) is 28.4. The van der Waals surface area contributed by atoms with E-state index in [2.05, 4.69) is 27.5 Å². The highest BCUT2D eigenvalue weighted by Crippen LogP contribution is 2.39. The Hall–Kier alpha value is -4.18. The number of carboxylic acid groups (broad SMARTS) is 1. The number of nitrogens with one attached hydrogen (secondary N) is 2. The summed E-state index contributed by atoms with van der Waals surface area (Å²) in [5, 5.41) is 16.1. The highest BCUT2D eigenvalue weighted by Gasteiger charge is 2.29. The van der Waals surface area contributed by atoms with Crippen molar-refractivity contribution >= 4 is 57.7 Å². The van der Waals surface area contributed by atoms with E-state index in [-0.39, 0.29) is 18.2 Å². The van der Waals surface area contributed by atoms with Crippen molar-refractivity contribution in [2.24, 2.45) is 0 Å². The molecule has 1 saturated heterocycles. The first-order chi connectivity index (χ1) is 19.7. The molecule has 0 unspecified atom stereocenters.